The fraction of sp³-hybridized carbons (Fsp3) is 0.0870. The molecule has 4 rings (SSSR count). The SMILES string of the molecule is COC(=O)c1ccc(-c2ccc(/C=C3/SC(=S)N(c4ccc(OC)cc4)C3=O)o2)cc1. The molecule has 0 N–H and O–H groups in total. The van der Waals surface area contributed by atoms with E-state index in [9.17, 15) is 9.59 Å². The first-order valence-corrected chi connectivity index (χ1v) is 10.4. The summed E-state index contributed by atoms with van der Waals surface area (Å²) in [6, 6.07) is 17.6. The molecular weight excluding hydrogens is 434 g/mol. The maximum Gasteiger partial charge on any atom is 0.337 e. The van der Waals surface area contributed by atoms with Crippen molar-refractivity contribution >= 4 is 51.9 Å². The van der Waals surface area contributed by atoms with E-state index in [2.05, 4.69) is 0 Å². The molecule has 1 amide bonds. The van der Waals surface area contributed by atoms with Crippen LogP contribution in [0.2, 0.25) is 0 Å². The van der Waals surface area contributed by atoms with Crippen molar-refractivity contribution in [1.82, 2.24) is 0 Å². The first-order chi connectivity index (χ1) is 15.0. The van der Waals surface area contributed by atoms with E-state index in [0.29, 0.717) is 37.7 Å². The minimum Gasteiger partial charge on any atom is -0.497 e. The molecule has 3 aromatic rings. The molecule has 1 fully saturated rings. The summed E-state index contributed by atoms with van der Waals surface area (Å²) in [5.74, 6) is 1.24. The highest BCUT2D eigenvalue weighted by Crippen LogP contribution is 2.37. The predicted octanol–water partition coefficient (Wildman–Crippen LogP) is 5.15. The molecule has 2 heterocycles. The monoisotopic (exact) mass is 451 g/mol. The van der Waals surface area contributed by atoms with Crippen molar-refractivity contribution in [2.75, 3.05) is 19.1 Å². The molecule has 1 aromatic heterocycles. The molecule has 0 aliphatic carbocycles. The molecule has 0 spiro atoms. The van der Waals surface area contributed by atoms with Crippen LogP contribution >= 0.6 is 24.0 Å². The molecule has 1 aliphatic heterocycles. The molecule has 2 aromatic carbocycles. The number of carbonyl (C=O) groups excluding carboxylic acids is 2. The second-order valence-electron chi connectivity index (χ2n) is 6.49. The lowest BCUT2D eigenvalue weighted by atomic mass is 10.1. The van der Waals surface area contributed by atoms with Gasteiger partial charge in [-0.3, -0.25) is 9.69 Å². The van der Waals surface area contributed by atoms with Crippen LogP contribution in [0.4, 0.5) is 5.69 Å². The number of anilines is 1. The lowest BCUT2D eigenvalue weighted by molar-refractivity contribution is -0.113. The number of benzene rings is 2. The van der Waals surface area contributed by atoms with Gasteiger partial charge in [-0.2, -0.15) is 0 Å². The summed E-state index contributed by atoms with van der Waals surface area (Å²) in [4.78, 5) is 26.4. The molecule has 0 bridgehead atoms. The van der Waals surface area contributed by atoms with E-state index in [4.69, 9.17) is 26.1 Å². The minimum atomic E-state index is -0.398. The number of hydrogen-bond acceptors (Lipinski definition) is 7. The Morgan fingerprint density at radius 3 is 2.39 bits per heavy atom. The van der Waals surface area contributed by atoms with Gasteiger partial charge in [-0.05, 0) is 48.5 Å². The van der Waals surface area contributed by atoms with Crippen LogP contribution in [0.25, 0.3) is 17.4 Å². The Bertz CT molecular complexity index is 1180. The van der Waals surface area contributed by atoms with E-state index < -0.39 is 5.97 Å². The minimum absolute atomic E-state index is 0.208. The van der Waals surface area contributed by atoms with Gasteiger partial charge in [0.25, 0.3) is 5.91 Å². The summed E-state index contributed by atoms with van der Waals surface area (Å²) in [6.07, 6.45) is 1.68. The molecule has 0 unspecified atom stereocenters. The van der Waals surface area contributed by atoms with Gasteiger partial charge >= 0.3 is 5.97 Å². The molecule has 0 radical (unpaired) electrons. The second kappa shape index (κ2) is 8.79. The number of thiocarbonyl (C=S) groups is 1. The van der Waals surface area contributed by atoms with Crippen molar-refractivity contribution in [3.63, 3.8) is 0 Å². The van der Waals surface area contributed by atoms with Crippen LogP contribution in [0.1, 0.15) is 16.1 Å². The third-order valence-electron chi connectivity index (χ3n) is 4.61. The van der Waals surface area contributed by atoms with Crippen LogP contribution < -0.4 is 9.64 Å². The third-order valence-corrected chi connectivity index (χ3v) is 5.92. The van der Waals surface area contributed by atoms with Crippen LogP contribution in [0, 0.1) is 0 Å². The van der Waals surface area contributed by atoms with Crippen molar-refractivity contribution in [1.29, 1.82) is 0 Å². The highest BCUT2D eigenvalue weighted by Gasteiger charge is 2.33. The van der Waals surface area contributed by atoms with Gasteiger partial charge in [0.2, 0.25) is 0 Å². The Labute approximate surface area is 188 Å². The number of methoxy groups -OCH3 is 2. The maximum atomic E-state index is 12.9. The maximum absolute atomic E-state index is 12.9. The summed E-state index contributed by atoms with van der Waals surface area (Å²) < 4.78 is 16.2. The quantitative estimate of drug-likeness (QED) is 0.302. The Kier molecular flexibility index (Phi) is 5.92. The van der Waals surface area contributed by atoms with E-state index in [1.165, 1.54) is 23.8 Å². The number of furan rings is 1. The van der Waals surface area contributed by atoms with E-state index in [-0.39, 0.29) is 5.91 Å². The molecular formula is C23H17NO5S2. The van der Waals surface area contributed by atoms with Crippen molar-refractivity contribution < 1.29 is 23.5 Å². The zero-order valence-electron chi connectivity index (χ0n) is 16.7. The number of thioether (sulfide) groups is 1. The number of amides is 1. The molecule has 1 aliphatic rings. The topological polar surface area (TPSA) is 69.0 Å². The zero-order valence-corrected chi connectivity index (χ0v) is 18.3. The first-order valence-electron chi connectivity index (χ1n) is 9.21. The lowest BCUT2D eigenvalue weighted by Crippen LogP contribution is -2.27. The smallest absolute Gasteiger partial charge is 0.337 e. The Balaban J connectivity index is 1.54. The van der Waals surface area contributed by atoms with Gasteiger partial charge in [0, 0.05) is 11.6 Å². The summed E-state index contributed by atoms with van der Waals surface area (Å²) in [5, 5.41) is 0. The molecule has 6 nitrogen and oxygen atoms in total. The van der Waals surface area contributed by atoms with Crippen LogP contribution in [0.5, 0.6) is 5.75 Å². The van der Waals surface area contributed by atoms with Crippen molar-refractivity contribution in [3.05, 3.63) is 76.9 Å². The number of hydrogen-bond donors (Lipinski definition) is 0. The van der Waals surface area contributed by atoms with E-state index in [1.807, 2.05) is 6.07 Å². The molecule has 1 saturated heterocycles. The number of esters is 1. The summed E-state index contributed by atoms with van der Waals surface area (Å²) in [5.41, 5.74) is 1.94. The predicted molar refractivity (Wildman–Crippen MR) is 124 cm³/mol. The van der Waals surface area contributed by atoms with Crippen LogP contribution in [-0.4, -0.2) is 30.4 Å². The summed E-state index contributed by atoms with van der Waals surface area (Å²) >= 11 is 6.63. The lowest BCUT2D eigenvalue weighted by Gasteiger charge is -2.14. The number of ether oxygens (including phenoxy) is 2. The first kappa shape index (κ1) is 20.9. The highest BCUT2D eigenvalue weighted by molar-refractivity contribution is 8.27. The normalized spacial score (nSPS) is 14.9. The van der Waals surface area contributed by atoms with Gasteiger partial charge in [0.05, 0.1) is 30.4 Å². The van der Waals surface area contributed by atoms with Gasteiger partial charge in [0.1, 0.15) is 17.3 Å². The molecule has 31 heavy (non-hydrogen) atoms. The number of rotatable bonds is 5. The van der Waals surface area contributed by atoms with Gasteiger partial charge in [-0.15, -0.1) is 0 Å². The van der Waals surface area contributed by atoms with Crippen LogP contribution in [0.3, 0.4) is 0 Å². The molecule has 8 heteroatoms. The Morgan fingerprint density at radius 1 is 1.03 bits per heavy atom. The Hall–Kier alpha value is -3.36. The molecule has 156 valence electrons. The van der Waals surface area contributed by atoms with Crippen LogP contribution in [-0.2, 0) is 9.53 Å². The van der Waals surface area contributed by atoms with Gasteiger partial charge in [-0.1, -0.05) is 36.1 Å². The summed E-state index contributed by atoms with van der Waals surface area (Å²) in [7, 11) is 2.93. The van der Waals surface area contributed by atoms with Gasteiger partial charge < -0.3 is 13.9 Å². The van der Waals surface area contributed by atoms with Crippen molar-refractivity contribution in [2.45, 2.75) is 0 Å². The second-order valence-corrected chi connectivity index (χ2v) is 8.16. The zero-order chi connectivity index (χ0) is 22.0. The van der Waals surface area contributed by atoms with Crippen LogP contribution in [0.15, 0.2) is 70.0 Å². The van der Waals surface area contributed by atoms with E-state index >= 15 is 0 Å². The van der Waals surface area contributed by atoms with E-state index in [0.717, 1.165) is 5.56 Å². The Morgan fingerprint density at radius 2 is 1.74 bits per heavy atom. The van der Waals surface area contributed by atoms with Gasteiger partial charge in [-0.25, -0.2) is 4.79 Å². The average molecular weight is 452 g/mol. The fourth-order valence-corrected chi connectivity index (χ4v) is 4.30. The largest absolute Gasteiger partial charge is 0.497 e. The number of carbonyl (C=O) groups is 2. The fourth-order valence-electron chi connectivity index (χ4n) is 3.02. The van der Waals surface area contributed by atoms with Crippen molar-refractivity contribution in [3.8, 4) is 17.1 Å². The highest BCUT2D eigenvalue weighted by atomic mass is 32.2. The standard InChI is InChI=1S/C23H17NO5S2/c1-27-17-9-7-16(8-10-17)24-21(25)20(31-23(24)30)13-18-11-12-19(29-18)14-3-5-15(6-4-14)22(26)28-2/h3-13H,1-2H3/b20-13+. The summed E-state index contributed by atoms with van der Waals surface area (Å²) in [6.45, 7) is 0. The van der Waals surface area contributed by atoms with Crippen molar-refractivity contribution in [2.24, 2.45) is 0 Å². The molecule has 0 saturated carbocycles. The van der Waals surface area contributed by atoms with E-state index in [1.54, 1.807) is 67.8 Å². The molecule has 0 atom stereocenters. The average Bonchev–Trinajstić information content (AvgIpc) is 3.37. The number of nitrogens with zero attached hydrogens (tertiary/aromatic N) is 1. The third kappa shape index (κ3) is 4.26. The van der Waals surface area contributed by atoms with Gasteiger partial charge in [0.15, 0.2) is 4.32 Å².